The zero-order chi connectivity index (χ0) is 13.9. The van der Waals surface area contributed by atoms with E-state index in [-0.39, 0.29) is 18.1 Å². The Morgan fingerprint density at radius 3 is 3.10 bits per heavy atom. The van der Waals surface area contributed by atoms with Crippen LogP contribution in [0.5, 0.6) is 0 Å². The fourth-order valence-corrected chi connectivity index (χ4v) is 2.80. The van der Waals surface area contributed by atoms with E-state index in [0.717, 1.165) is 31.2 Å². The number of nitrogens with zero attached hydrogens (tertiary/aromatic N) is 3. The second-order valence-electron chi connectivity index (χ2n) is 5.10. The average Bonchev–Trinajstić information content (AvgIpc) is 2.92. The summed E-state index contributed by atoms with van der Waals surface area (Å²) in [5, 5.41) is 11.2. The number of aromatic nitrogens is 3. The van der Waals surface area contributed by atoms with Crippen molar-refractivity contribution in [2.45, 2.75) is 37.8 Å². The van der Waals surface area contributed by atoms with Gasteiger partial charge in [-0.25, -0.2) is 0 Å². The van der Waals surface area contributed by atoms with Crippen molar-refractivity contribution in [3.63, 3.8) is 0 Å². The second-order valence-corrected chi connectivity index (χ2v) is 5.10. The molecule has 1 aliphatic carbocycles. The Balaban J connectivity index is 1.78. The van der Waals surface area contributed by atoms with Gasteiger partial charge in [-0.15, -0.1) is 0 Å². The van der Waals surface area contributed by atoms with Gasteiger partial charge >= 0.3 is 0 Å². The highest BCUT2D eigenvalue weighted by atomic mass is 16.5. The van der Waals surface area contributed by atoms with E-state index in [0.29, 0.717) is 5.56 Å². The van der Waals surface area contributed by atoms with E-state index in [9.17, 15) is 4.79 Å². The first kappa shape index (κ1) is 13.1. The zero-order valence-corrected chi connectivity index (χ0v) is 11.5. The van der Waals surface area contributed by atoms with Gasteiger partial charge in [0, 0.05) is 13.3 Å². The number of rotatable bonds is 3. The maximum atomic E-state index is 12.4. The highest BCUT2D eigenvalue weighted by Crippen LogP contribution is 2.21. The van der Waals surface area contributed by atoms with E-state index in [1.54, 1.807) is 25.6 Å². The first-order chi connectivity index (χ1) is 9.79. The van der Waals surface area contributed by atoms with Crippen LogP contribution in [-0.4, -0.2) is 40.0 Å². The number of nitrogens with one attached hydrogen (secondary N) is 1. The molecule has 1 fully saturated rings. The third kappa shape index (κ3) is 2.38. The molecule has 0 radical (unpaired) electrons. The van der Waals surface area contributed by atoms with Gasteiger partial charge in [-0.2, -0.15) is 14.8 Å². The quantitative estimate of drug-likeness (QED) is 0.919. The monoisotopic (exact) mass is 274 g/mol. The molecule has 6 nitrogen and oxygen atoms in total. The summed E-state index contributed by atoms with van der Waals surface area (Å²) in [6.07, 6.45) is 7.55. The molecule has 0 aromatic carbocycles. The lowest BCUT2D eigenvalue weighted by molar-refractivity contribution is 0.0393. The smallest absolute Gasteiger partial charge is 0.255 e. The molecule has 0 spiro atoms. The molecule has 1 aliphatic rings. The number of amides is 1. The molecular weight excluding hydrogens is 256 g/mol. The van der Waals surface area contributed by atoms with E-state index < -0.39 is 0 Å². The lowest BCUT2D eigenvalue weighted by Crippen LogP contribution is -2.45. The molecule has 0 unspecified atom stereocenters. The normalized spacial score (nSPS) is 22.9. The fraction of sp³-hybridized carbons (Fsp3) is 0.500. The molecule has 2 heterocycles. The number of hydrogen-bond acceptors (Lipinski definition) is 4. The lowest BCUT2D eigenvalue weighted by atomic mass is 9.92. The average molecular weight is 274 g/mol. The summed E-state index contributed by atoms with van der Waals surface area (Å²) in [6.45, 7) is 0. The number of methoxy groups -OCH3 is 1. The number of ether oxygens (including phenoxy) is 1. The van der Waals surface area contributed by atoms with Crippen LogP contribution in [0.25, 0.3) is 5.52 Å². The van der Waals surface area contributed by atoms with Crippen molar-refractivity contribution in [3.05, 3.63) is 30.1 Å². The van der Waals surface area contributed by atoms with Crippen LogP contribution in [0.1, 0.15) is 36.0 Å². The SMILES string of the molecule is CO[C@H]1CCCC[C@@H]1NC(=O)c1cnn2ncccc12. The van der Waals surface area contributed by atoms with Gasteiger partial charge in [-0.05, 0) is 25.0 Å². The van der Waals surface area contributed by atoms with Gasteiger partial charge in [0.05, 0.1) is 23.9 Å². The Kier molecular flexibility index (Phi) is 3.64. The minimum absolute atomic E-state index is 0.0767. The van der Waals surface area contributed by atoms with Crippen LogP contribution in [0.2, 0.25) is 0 Å². The van der Waals surface area contributed by atoms with Crippen molar-refractivity contribution in [2.24, 2.45) is 0 Å². The standard InChI is InChI=1S/C14H18N4O2/c1-20-13-7-3-2-5-11(13)17-14(19)10-9-16-18-12(10)6-4-8-15-18/h4,6,8-9,11,13H,2-3,5,7H2,1H3,(H,17,19)/t11-,13-/m0/s1. The largest absolute Gasteiger partial charge is 0.379 e. The molecule has 1 saturated carbocycles. The molecule has 20 heavy (non-hydrogen) atoms. The van der Waals surface area contributed by atoms with Gasteiger partial charge in [0.25, 0.3) is 5.91 Å². The summed E-state index contributed by atoms with van der Waals surface area (Å²) in [5.41, 5.74) is 1.27. The van der Waals surface area contributed by atoms with Crippen molar-refractivity contribution in [3.8, 4) is 0 Å². The molecule has 0 saturated heterocycles. The predicted molar refractivity (Wildman–Crippen MR) is 73.5 cm³/mol. The fourth-order valence-electron chi connectivity index (χ4n) is 2.80. The van der Waals surface area contributed by atoms with E-state index in [1.165, 1.54) is 4.63 Å². The molecule has 1 amide bonds. The van der Waals surface area contributed by atoms with E-state index in [2.05, 4.69) is 15.5 Å². The Hall–Kier alpha value is -1.95. The Bertz CT molecular complexity index is 610. The first-order valence-corrected chi connectivity index (χ1v) is 6.92. The summed E-state index contributed by atoms with van der Waals surface area (Å²) in [4.78, 5) is 12.4. The molecule has 1 N–H and O–H groups in total. The third-order valence-corrected chi connectivity index (χ3v) is 3.87. The summed E-state index contributed by atoms with van der Waals surface area (Å²) >= 11 is 0. The third-order valence-electron chi connectivity index (χ3n) is 3.87. The summed E-state index contributed by atoms with van der Waals surface area (Å²) in [6, 6.07) is 3.71. The van der Waals surface area contributed by atoms with Gasteiger partial charge in [0.1, 0.15) is 5.52 Å². The number of carbonyl (C=O) groups excluding carboxylic acids is 1. The molecular formula is C14H18N4O2. The Morgan fingerprint density at radius 1 is 1.40 bits per heavy atom. The van der Waals surface area contributed by atoms with Gasteiger partial charge < -0.3 is 10.1 Å². The Labute approximate surface area is 117 Å². The minimum Gasteiger partial charge on any atom is -0.379 e. The van der Waals surface area contributed by atoms with Crippen molar-refractivity contribution >= 4 is 11.4 Å². The first-order valence-electron chi connectivity index (χ1n) is 6.92. The minimum atomic E-state index is -0.109. The molecule has 0 aliphatic heterocycles. The van der Waals surface area contributed by atoms with Gasteiger partial charge in [-0.3, -0.25) is 4.79 Å². The molecule has 2 aromatic heterocycles. The van der Waals surface area contributed by atoms with Crippen molar-refractivity contribution in [1.82, 2.24) is 20.1 Å². The lowest BCUT2D eigenvalue weighted by Gasteiger charge is -2.30. The van der Waals surface area contributed by atoms with Gasteiger partial charge in [-0.1, -0.05) is 12.8 Å². The molecule has 2 atom stereocenters. The van der Waals surface area contributed by atoms with Crippen LogP contribution in [-0.2, 0) is 4.74 Å². The molecule has 106 valence electrons. The van der Waals surface area contributed by atoms with Crippen LogP contribution >= 0.6 is 0 Å². The van der Waals surface area contributed by atoms with Crippen molar-refractivity contribution < 1.29 is 9.53 Å². The predicted octanol–water partition coefficient (Wildman–Crippen LogP) is 1.42. The summed E-state index contributed by atoms with van der Waals surface area (Å²) in [7, 11) is 1.70. The van der Waals surface area contributed by atoms with Crippen LogP contribution in [0, 0.1) is 0 Å². The Morgan fingerprint density at radius 2 is 2.25 bits per heavy atom. The number of carbonyl (C=O) groups is 1. The van der Waals surface area contributed by atoms with Crippen molar-refractivity contribution in [1.29, 1.82) is 0 Å². The highest BCUT2D eigenvalue weighted by Gasteiger charge is 2.27. The molecule has 2 aromatic rings. The molecule has 0 bridgehead atoms. The van der Waals surface area contributed by atoms with Crippen LogP contribution in [0.3, 0.4) is 0 Å². The topological polar surface area (TPSA) is 68.5 Å². The van der Waals surface area contributed by atoms with E-state index in [1.807, 2.05) is 6.07 Å². The second kappa shape index (κ2) is 5.58. The zero-order valence-electron chi connectivity index (χ0n) is 11.5. The summed E-state index contributed by atoms with van der Waals surface area (Å²) in [5.74, 6) is -0.109. The molecule has 6 heteroatoms. The molecule has 3 rings (SSSR count). The van der Waals surface area contributed by atoms with Crippen LogP contribution < -0.4 is 5.32 Å². The van der Waals surface area contributed by atoms with Crippen LogP contribution in [0.4, 0.5) is 0 Å². The van der Waals surface area contributed by atoms with E-state index >= 15 is 0 Å². The van der Waals surface area contributed by atoms with Gasteiger partial charge in [0.2, 0.25) is 0 Å². The van der Waals surface area contributed by atoms with Crippen molar-refractivity contribution in [2.75, 3.05) is 7.11 Å². The summed E-state index contributed by atoms with van der Waals surface area (Å²) < 4.78 is 6.92. The number of hydrogen-bond donors (Lipinski definition) is 1. The number of fused-ring (bicyclic) bond motifs is 1. The van der Waals surface area contributed by atoms with Gasteiger partial charge in [0.15, 0.2) is 0 Å². The maximum Gasteiger partial charge on any atom is 0.255 e. The maximum absolute atomic E-state index is 12.4. The highest BCUT2D eigenvalue weighted by molar-refractivity contribution is 6.00. The van der Waals surface area contributed by atoms with E-state index in [4.69, 9.17) is 4.74 Å². The van der Waals surface area contributed by atoms with Crippen LogP contribution in [0.15, 0.2) is 24.5 Å².